The Labute approximate surface area is 105 Å². The third-order valence-corrected chi connectivity index (χ3v) is 3.40. The van der Waals surface area contributed by atoms with Crippen LogP contribution in [0.5, 0.6) is 0 Å². The minimum absolute atomic E-state index is 0.132. The first kappa shape index (κ1) is 12.4. The molecule has 1 aromatic carbocycles. The van der Waals surface area contributed by atoms with E-state index >= 15 is 0 Å². The number of rotatable bonds is 2. The predicted molar refractivity (Wildman–Crippen MR) is 65.0 cm³/mol. The van der Waals surface area contributed by atoms with E-state index in [2.05, 4.69) is 0 Å². The molecule has 2 N–H and O–H groups in total. The van der Waals surface area contributed by atoms with Crippen LogP contribution in [0.4, 0.5) is 4.79 Å². The largest absolute Gasteiger partial charge is 0.478 e. The van der Waals surface area contributed by atoms with Crippen molar-refractivity contribution in [2.45, 2.75) is 18.8 Å². The zero-order chi connectivity index (χ0) is 13.1. The first-order chi connectivity index (χ1) is 8.59. The van der Waals surface area contributed by atoms with Gasteiger partial charge >= 0.3 is 12.1 Å². The van der Waals surface area contributed by atoms with Crippen molar-refractivity contribution in [1.82, 2.24) is 4.90 Å². The summed E-state index contributed by atoms with van der Waals surface area (Å²) in [5.41, 5.74) is 1.14. The number of hydrogen-bond donors (Lipinski definition) is 2. The number of nitrogens with zero attached hydrogens (tertiary/aromatic N) is 1. The molecule has 1 saturated heterocycles. The van der Waals surface area contributed by atoms with Gasteiger partial charge in [0.25, 0.3) is 0 Å². The highest BCUT2D eigenvalue weighted by atomic mass is 16.4. The van der Waals surface area contributed by atoms with E-state index in [4.69, 9.17) is 10.2 Å². The summed E-state index contributed by atoms with van der Waals surface area (Å²) in [7, 11) is 0. The summed E-state index contributed by atoms with van der Waals surface area (Å²) >= 11 is 0. The van der Waals surface area contributed by atoms with Crippen molar-refractivity contribution >= 4 is 12.1 Å². The lowest BCUT2D eigenvalue weighted by Gasteiger charge is -2.30. The van der Waals surface area contributed by atoms with Gasteiger partial charge in [0.05, 0.1) is 5.56 Å². The summed E-state index contributed by atoms with van der Waals surface area (Å²) in [6.07, 6.45) is 0.452. The minimum atomic E-state index is -0.925. The number of amides is 1. The highest BCUT2D eigenvalue weighted by Gasteiger charge is 2.25. The molecule has 0 radical (unpaired) electrons. The van der Waals surface area contributed by atoms with Crippen LogP contribution in [-0.4, -0.2) is 40.3 Å². The van der Waals surface area contributed by atoms with Gasteiger partial charge in [-0.25, -0.2) is 9.59 Å². The van der Waals surface area contributed by atoms with Gasteiger partial charge in [-0.15, -0.1) is 0 Å². The van der Waals surface area contributed by atoms with Crippen LogP contribution in [0.3, 0.4) is 0 Å². The van der Waals surface area contributed by atoms with Gasteiger partial charge in [0, 0.05) is 13.1 Å². The molecule has 0 unspecified atom stereocenters. The zero-order valence-corrected chi connectivity index (χ0v) is 9.87. The van der Waals surface area contributed by atoms with Crippen LogP contribution in [0.2, 0.25) is 0 Å². The van der Waals surface area contributed by atoms with E-state index in [-0.39, 0.29) is 5.92 Å². The third kappa shape index (κ3) is 2.45. The van der Waals surface area contributed by atoms with Crippen molar-refractivity contribution in [3.63, 3.8) is 0 Å². The highest BCUT2D eigenvalue weighted by Crippen LogP contribution is 2.30. The van der Waals surface area contributed by atoms with Crippen LogP contribution in [-0.2, 0) is 0 Å². The molecular weight excluding hydrogens is 234 g/mol. The lowest BCUT2D eigenvalue weighted by atomic mass is 9.86. The molecule has 5 nitrogen and oxygen atoms in total. The molecule has 1 aromatic rings. The number of carboxylic acid groups (broad SMARTS) is 2. The van der Waals surface area contributed by atoms with Gasteiger partial charge in [-0.2, -0.15) is 0 Å². The second-order valence-corrected chi connectivity index (χ2v) is 4.44. The maximum Gasteiger partial charge on any atom is 0.407 e. The van der Waals surface area contributed by atoms with Crippen molar-refractivity contribution < 1.29 is 19.8 Å². The van der Waals surface area contributed by atoms with E-state index in [1.165, 1.54) is 4.90 Å². The molecular formula is C13H15NO4. The lowest BCUT2D eigenvalue weighted by molar-refractivity contribution is 0.0693. The van der Waals surface area contributed by atoms with Crippen molar-refractivity contribution in [1.29, 1.82) is 0 Å². The average Bonchev–Trinajstić information content (AvgIpc) is 2.39. The highest BCUT2D eigenvalue weighted by molar-refractivity contribution is 5.89. The summed E-state index contributed by atoms with van der Waals surface area (Å²) < 4.78 is 0. The molecule has 0 atom stereocenters. The molecule has 0 spiro atoms. The van der Waals surface area contributed by atoms with E-state index in [0.29, 0.717) is 31.5 Å². The van der Waals surface area contributed by atoms with Gasteiger partial charge in [0.2, 0.25) is 0 Å². The fourth-order valence-corrected chi connectivity index (χ4v) is 2.43. The van der Waals surface area contributed by atoms with Crippen molar-refractivity contribution in [3.05, 3.63) is 35.4 Å². The van der Waals surface area contributed by atoms with E-state index < -0.39 is 12.1 Å². The summed E-state index contributed by atoms with van der Waals surface area (Å²) in [6.45, 7) is 0.932. The number of piperidine rings is 1. The summed E-state index contributed by atoms with van der Waals surface area (Å²) in [6, 6.07) is 6.95. The van der Waals surface area contributed by atoms with Gasteiger partial charge in [0.15, 0.2) is 0 Å². The number of hydrogen-bond acceptors (Lipinski definition) is 2. The van der Waals surface area contributed by atoms with E-state index in [9.17, 15) is 9.59 Å². The molecule has 0 aromatic heterocycles. The lowest BCUT2D eigenvalue weighted by Crippen LogP contribution is -2.37. The Balaban J connectivity index is 2.15. The van der Waals surface area contributed by atoms with Crippen LogP contribution in [0.1, 0.15) is 34.7 Å². The maximum atomic E-state index is 11.1. The molecule has 1 aliphatic heterocycles. The Morgan fingerprint density at radius 2 is 1.72 bits per heavy atom. The first-order valence-electron chi connectivity index (χ1n) is 5.89. The van der Waals surface area contributed by atoms with Gasteiger partial charge in [-0.1, -0.05) is 18.2 Å². The van der Waals surface area contributed by atoms with E-state index in [1.54, 1.807) is 12.1 Å². The van der Waals surface area contributed by atoms with Crippen molar-refractivity contribution in [2.24, 2.45) is 0 Å². The van der Waals surface area contributed by atoms with Crippen LogP contribution in [0.25, 0.3) is 0 Å². The average molecular weight is 249 g/mol. The second-order valence-electron chi connectivity index (χ2n) is 4.44. The molecule has 0 aliphatic carbocycles. The fourth-order valence-electron chi connectivity index (χ4n) is 2.43. The monoisotopic (exact) mass is 249 g/mol. The molecule has 0 saturated carbocycles. The van der Waals surface area contributed by atoms with Crippen molar-refractivity contribution in [3.8, 4) is 0 Å². The van der Waals surface area contributed by atoms with Gasteiger partial charge in [-0.3, -0.25) is 0 Å². The Morgan fingerprint density at radius 3 is 2.28 bits per heavy atom. The van der Waals surface area contributed by atoms with Crippen LogP contribution in [0.15, 0.2) is 24.3 Å². The molecule has 18 heavy (non-hydrogen) atoms. The molecule has 96 valence electrons. The van der Waals surface area contributed by atoms with Crippen LogP contribution in [0, 0.1) is 0 Å². The Hall–Kier alpha value is -2.04. The van der Waals surface area contributed by atoms with Crippen LogP contribution < -0.4 is 0 Å². The normalized spacial score (nSPS) is 16.6. The smallest absolute Gasteiger partial charge is 0.407 e. The summed E-state index contributed by atoms with van der Waals surface area (Å²) in [5, 5.41) is 18.0. The van der Waals surface area contributed by atoms with E-state index in [0.717, 1.165) is 5.56 Å². The molecule has 1 heterocycles. The maximum absolute atomic E-state index is 11.1. The number of carboxylic acids is 1. The fraction of sp³-hybridized carbons (Fsp3) is 0.385. The molecule has 1 amide bonds. The summed E-state index contributed by atoms with van der Waals surface area (Å²) in [4.78, 5) is 23.3. The second kappa shape index (κ2) is 5.08. The van der Waals surface area contributed by atoms with Crippen molar-refractivity contribution in [2.75, 3.05) is 13.1 Å². The first-order valence-corrected chi connectivity index (χ1v) is 5.89. The van der Waals surface area contributed by atoms with Gasteiger partial charge < -0.3 is 15.1 Å². The predicted octanol–water partition coefficient (Wildman–Crippen LogP) is 2.24. The topological polar surface area (TPSA) is 77.8 Å². The Morgan fingerprint density at radius 1 is 1.11 bits per heavy atom. The number of benzene rings is 1. The quantitative estimate of drug-likeness (QED) is 0.842. The summed E-state index contributed by atoms with van der Waals surface area (Å²) in [5.74, 6) is -0.792. The number of likely N-dealkylation sites (tertiary alicyclic amines) is 1. The van der Waals surface area contributed by atoms with E-state index in [1.807, 2.05) is 12.1 Å². The molecule has 2 rings (SSSR count). The number of aromatic carboxylic acids is 1. The van der Waals surface area contributed by atoms with Gasteiger partial charge in [-0.05, 0) is 30.4 Å². The molecule has 1 fully saturated rings. The Kier molecular flexibility index (Phi) is 3.50. The zero-order valence-electron chi connectivity index (χ0n) is 9.87. The van der Waals surface area contributed by atoms with Gasteiger partial charge in [0.1, 0.15) is 0 Å². The third-order valence-electron chi connectivity index (χ3n) is 3.40. The molecule has 1 aliphatic rings. The number of carbonyl (C=O) groups is 2. The SMILES string of the molecule is O=C(O)c1ccccc1C1CCN(C(=O)O)CC1. The molecule has 0 bridgehead atoms. The van der Waals surface area contributed by atoms with Crippen LogP contribution >= 0.6 is 0 Å². The Bertz CT molecular complexity index is 464. The standard InChI is InChI=1S/C13H15NO4/c15-12(16)11-4-2-1-3-10(11)9-5-7-14(8-6-9)13(17)18/h1-4,9H,5-8H2,(H,15,16)(H,17,18). The minimum Gasteiger partial charge on any atom is -0.478 e. The molecule has 5 heteroatoms.